The molecule has 0 unspecified atom stereocenters. The van der Waals surface area contributed by atoms with Gasteiger partial charge in [0.2, 0.25) is 5.75 Å². The van der Waals surface area contributed by atoms with Crippen LogP contribution in [0.4, 0.5) is 0 Å². The number of hydrogen-bond donors (Lipinski definition) is 0. The first-order valence-electron chi connectivity index (χ1n) is 7.24. The van der Waals surface area contributed by atoms with Crippen molar-refractivity contribution < 1.29 is 23.7 Å². The zero-order chi connectivity index (χ0) is 16.5. The van der Waals surface area contributed by atoms with Crippen LogP contribution in [-0.2, 0) is 4.74 Å². The van der Waals surface area contributed by atoms with Gasteiger partial charge >= 0.3 is 5.97 Å². The highest BCUT2D eigenvalue weighted by molar-refractivity contribution is 5.91. The third kappa shape index (κ3) is 5.11. The van der Waals surface area contributed by atoms with Crippen molar-refractivity contribution in [3.8, 4) is 17.2 Å². The summed E-state index contributed by atoms with van der Waals surface area (Å²) in [5.41, 5.74) is 0.371. The van der Waals surface area contributed by atoms with Gasteiger partial charge in [-0.2, -0.15) is 0 Å². The maximum Gasteiger partial charge on any atom is 0.338 e. The van der Waals surface area contributed by atoms with Crippen molar-refractivity contribution in [2.75, 3.05) is 48.1 Å². The lowest BCUT2D eigenvalue weighted by atomic mass is 10.2. The molecule has 0 aliphatic carbocycles. The molecule has 0 saturated heterocycles. The summed E-state index contributed by atoms with van der Waals surface area (Å²) >= 11 is 0. The van der Waals surface area contributed by atoms with Crippen LogP contribution < -0.4 is 14.2 Å². The second kappa shape index (κ2) is 9.15. The van der Waals surface area contributed by atoms with Gasteiger partial charge in [0.15, 0.2) is 11.5 Å². The van der Waals surface area contributed by atoms with Crippen molar-refractivity contribution in [3.63, 3.8) is 0 Å². The Morgan fingerprint density at radius 2 is 1.73 bits per heavy atom. The Morgan fingerprint density at radius 1 is 1.14 bits per heavy atom. The van der Waals surface area contributed by atoms with Crippen LogP contribution in [0, 0.1) is 0 Å². The van der Waals surface area contributed by atoms with Gasteiger partial charge in [-0.3, -0.25) is 0 Å². The van der Waals surface area contributed by atoms with Gasteiger partial charge in [0.05, 0.1) is 33.0 Å². The highest BCUT2D eigenvalue weighted by Crippen LogP contribution is 2.38. The minimum atomic E-state index is -0.418. The quantitative estimate of drug-likeness (QED) is 0.515. The summed E-state index contributed by atoms with van der Waals surface area (Å²) in [4.78, 5) is 13.9. The molecule has 0 N–H and O–H groups in total. The fraction of sp³-hybridized carbons (Fsp3) is 0.562. The fourth-order valence-electron chi connectivity index (χ4n) is 1.91. The second-order valence-electron chi connectivity index (χ2n) is 4.94. The predicted octanol–water partition coefficient (Wildman–Crippen LogP) is 2.21. The number of ether oxygens (including phenoxy) is 4. The van der Waals surface area contributed by atoms with Gasteiger partial charge in [-0.15, -0.1) is 0 Å². The van der Waals surface area contributed by atoms with Gasteiger partial charge in [0.25, 0.3) is 0 Å². The van der Waals surface area contributed by atoms with E-state index in [1.807, 2.05) is 14.1 Å². The molecule has 22 heavy (non-hydrogen) atoms. The van der Waals surface area contributed by atoms with Crippen LogP contribution in [0.5, 0.6) is 17.2 Å². The summed E-state index contributed by atoms with van der Waals surface area (Å²) in [5, 5.41) is 0. The fourth-order valence-corrected chi connectivity index (χ4v) is 1.91. The molecule has 1 aromatic rings. The van der Waals surface area contributed by atoms with Crippen LogP contribution in [0.15, 0.2) is 12.1 Å². The first-order valence-corrected chi connectivity index (χ1v) is 7.24. The third-order valence-electron chi connectivity index (χ3n) is 2.97. The monoisotopic (exact) mass is 311 g/mol. The molecule has 0 saturated carbocycles. The summed E-state index contributed by atoms with van der Waals surface area (Å²) in [6.07, 6.45) is 0.874. The van der Waals surface area contributed by atoms with Crippen molar-refractivity contribution in [1.29, 1.82) is 0 Å². The molecule has 124 valence electrons. The van der Waals surface area contributed by atoms with Crippen molar-refractivity contribution in [1.82, 2.24) is 4.90 Å². The van der Waals surface area contributed by atoms with Gasteiger partial charge in [0.1, 0.15) is 0 Å². The minimum absolute atomic E-state index is 0.312. The lowest BCUT2D eigenvalue weighted by Gasteiger charge is -2.16. The van der Waals surface area contributed by atoms with Crippen molar-refractivity contribution in [3.05, 3.63) is 17.7 Å². The third-order valence-corrected chi connectivity index (χ3v) is 2.97. The zero-order valence-electron chi connectivity index (χ0n) is 14.0. The number of rotatable bonds is 9. The molecule has 0 amide bonds. The van der Waals surface area contributed by atoms with E-state index in [1.54, 1.807) is 19.1 Å². The molecule has 0 aromatic heterocycles. The van der Waals surface area contributed by atoms with E-state index < -0.39 is 5.97 Å². The van der Waals surface area contributed by atoms with Crippen LogP contribution in [0.3, 0.4) is 0 Å². The van der Waals surface area contributed by atoms with E-state index in [0.717, 1.165) is 13.0 Å². The number of nitrogens with zero attached hydrogens (tertiary/aromatic N) is 1. The summed E-state index contributed by atoms with van der Waals surface area (Å²) < 4.78 is 21.4. The number of carbonyl (C=O) groups excluding carboxylic acids is 1. The molecule has 0 heterocycles. The maximum absolute atomic E-state index is 11.8. The molecular weight excluding hydrogens is 286 g/mol. The van der Waals surface area contributed by atoms with Crippen LogP contribution in [0.2, 0.25) is 0 Å². The number of hydrogen-bond acceptors (Lipinski definition) is 6. The Labute approximate surface area is 131 Å². The average molecular weight is 311 g/mol. The highest BCUT2D eigenvalue weighted by atomic mass is 16.5. The zero-order valence-corrected chi connectivity index (χ0v) is 14.0. The molecule has 6 heteroatoms. The van der Waals surface area contributed by atoms with Crippen LogP contribution in [0.1, 0.15) is 23.7 Å². The highest BCUT2D eigenvalue weighted by Gasteiger charge is 2.18. The summed E-state index contributed by atoms with van der Waals surface area (Å²) in [6.45, 7) is 3.52. The van der Waals surface area contributed by atoms with Gasteiger partial charge in [0, 0.05) is 6.54 Å². The lowest BCUT2D eigenvalue weighted by Crippen LogP contribution is -2.16. The van der Waals surface area contributed by atoms with E-state index in [1.165, 1.54) is 14.2 Å². The Bertz CT molecular complexity index is 462. The molecule has 6 nitrogen and oxygen atoms in total. The minimum Gasteiger partial charge on any atom is -0.493 e. The van der Waals surface area contributed by atoms with E-state index in [-0.39, 0.29) is 0 Å². The first-order chi connectivity index (χ1) is 10.5. The average Bonchev–Trinajstić information content (AvgIpc) is 2.50. The molecular formula is C16H25NO5. The van der Waals surface area contributed by atoms with E-state index in [2.05, 4.69) is 4.90 Å². The van der Waals surface area contributed by atoms with Gasteiger partial charge in [-0.1, -0.05) is 0 Å². The summed E-state index contributed by atoms with van der Waals surface area (Å²) in [5.74, 6) is 0.981. The van der Waals surface area contributed by atoms with Crippen molar-refractivity contribution in [2.24, 2.45) is 0 Å². The van der Waals surface area contributed by atoms with E-state index >= 15 is 0 Å². The molecule has 0 aliphatic heterocycles. The first kappa shape index (κ1) is 18.1. The maximum atomic E-state index is 11.8. The Hall–Kier alpha value is -1.95. The normalized spacial score (nSPS) is 10.5. The SMILES string of the molecule is CCOC(=O)c1cc(OC)c(OCCCN(C)C)c(OC)c1. The molecule has 0 aliphatic rings. The summed E-state index contributed by atoms with van der Waals surface area (Å²) in [7, 11) is 7.07. The van der Waals surface area contributed by atoms with Gasteiger partial charge < -0.3 is 23.8 Å². The molecule has 1 aromatic carbocycles. The Balaban J connectivity index is 2.93. The van der Waals surface area contributed by atoms with Gasteiger partial charge in [-0.25, -0.2) is 4.79 Å². The predicted molar refractivity (Wildman–Crippen MR) is 84.2 cm³/mol. The van der Waals surface area contributed by atoms with E-state index in [0.29, 0.717) is 36.0 Å². The largest absolute Gasteiger partial charge is 0.493 e. The number of carbonyl (C=O) groups is 1. The van der Waals surface area contributed by atoms with Crippen LogP contribution >= 0.6 is 0 Å². The van der Waals surface area contributed by atoms with Gasteiger partial charge in [-0.05, 0) is 39.6 Å². The van der Waals surface area contributed by atoms with Crippen molar-refractivity contribution >= 4 is 5.97 Å². The number of methoxy groups -OCH3 is 2. The van der Waals surface area contributed by atoms with E-state index in [9.17, 15) is 4.79 Å². The standard InChI is InChI=1S/C16H25NO5/c1-6-21-16(18)12-10-13(19-4)15(14(11-12)20-5)22-9-7-8-17(2)3/h10-11H,6-9H2,1-5H3. The smallest absolute Gasteiger partial charge is 0.338 e. The summed E-state index contributed by atoms with van der Waals surface area (Å²) in [6, 6.07) is 3.20. The Morgan fingerprint density at radius 3 is 2.18 bits per heavy atom. The number of esters is 1. The molecule has 0 atom stereocenters. The second-order valence-corrected chi connectivity index (χ2v) is 4.94. The van der Waals surface area contributed by atoms with E-state index in [4.69, 9.17) is 18.9 Å². The van der Waals surface area contributed by atoms with Crippen molar-refractivity contribution in [2.45, 2.75) is 13.3 Å². The Kier molecular flexibility index (Phi) is 7.52. The lowest BCUT2D eigenvalue weighted by molar-refractivity contribution is 0.0525. The topological polar surface area (TPSA) is 57.2 Å². The molecule has 0 fully saturated rings. The van der Waals surface area contributed by atoms with Crippen LogP contribution in [0.25, 0.3) is 0 Å². The van der Waals surface area contributed by atoms with Crippen LogP contribution in [-0.4, -0.2) is 58.9 Å². The molecule has 0 bridgehead atoms. The molecule has 0 spiro atoms. The molecule has 1 rings (SSSR count). The number of benzene rings is 1. The molecule has 0 radical (unpaired) electrons.